The maximum Gasteiger partial charge on any atom is 0.151 e. The van der Waals surface area contributed by atoms with Gasteiger partial charge in [-0.3, -0.25) is 0 Å². The molecule has 1 unspecified atom stereocenters. The summed E-state index contributed by atoms with van der Waals surface area (Å²) in [5.41, 5.74) is 1.35. The summed E-state index contributed by atoms with van der Waals surface area (Å²) < 4.78 is 16.2. The summed E-state index contributed by atoms with van der Waals surface area (Å²) in [4.78, 5) is 4.47. The van der Waals surface area contributed by atoms with Crippen LogP contribution < -0.4 is 0 Å². The third kappa shape index (κ3) is 2.44. The Morgan fingerprint density at radius 3 is 2.60 bits per heavy atom. The highest BCUT2D eigenvalue weighted by Gasteiger charge is 2.23. The van der Waals surface area contributed by atoms with E-state index in [1.807, 2.05) is 13.0 Å². The summed E-state index contributed by atoms with van der Waals surface area (Å²) in [6.45, 7) is 1.91. The Bertz CT molecular complexity index is 598. The van der Waals surface area contributed by atoms with Gasteiger partial charge in [0.05, 0.1) is 10.9 Å². The van der Waals surface area contributed by atoms with Crippen molar-refractivity contribution in [2.75, 3.05) is 0 Å². The number of benzene rings is 1. The Morgan fingerprint density at radius 1 is 1.25 bits per heavy atom. The summed E-state index contributed by atoms with van der Waals surface area (Å²) in [6.07, 6.45) is 7.33. The van der Waals surface area contributed by atoms with Gasteiger partial charge in [0.25, 0.3) is 0 Å². The number of hydrogen-bond donors (Lipinski definition) is 0. The third-order valence-corrected chi connectivity index (χ3v) is 4.44. The van der Waals surface area contributed by atoms with Crippen molar-refractivity contribution in [3.63, 3.8) is 0 Å². The molecule has 1 aliphatic carbocycles. The topological polar surface area (TPSA) is 17.8 Å². The number of halogens is 2. The molecular weight excluding hydrogens is 275 g/mol. The lowest BCUT2D eigenvalue weighted by atomic mass is 10.1. The molecule has 0 saturated heterocycles. The second-order valence-electron chi connectivity index (χ2n) is 5.71. The van der Waals surface area contributed by atoms with Crippen LogP contribution in [0.1, 0.15) is 62.7 Å². The van der Waals surface area contributed by atoms with E-state index in [1.54, 1.807) is 6.07 Å². The average molecular weight is 295 g/mol. The van der Waals surface area contributed by atoms with E-state index >= 15 is 0 Å². The summed E-state index contributed by atoms with van der Waals surface area (Å²) in [5.74, 6) is 0.548. The second-order valence-corrected chi connectivity index (χ2v) is 6.36. The molecule has 2 aromatic rings. The largest absolute Gasteiger partial charge is 0.324 e. The van der Waals surface area contributed by atoms with Gasteiger partial charge in [-0.1, -0.05) is 31.7 Å². The van der Waals surface area contributed by atoms with Gasteiger partial charge in [-0.25, -0.2) is 9.37 Å². The lowest BCUT2D eigenvalue weighted by molar-refractivity contribution is 0.440. The molecule has 0 bridgehead atoms. The summed E-state index contributed by atoms with van der Waals surface area (Å²) in [5, 5.41) is -0.204. The minimum absolute atomic E-state index is 0.204. The zero-order valence-electron chi connectivity index (χ0n) is 11.8. The first-order chi connectivity index (χ1) is 9.68. The van der Waals surface area contributed by atoms with E-state index in [2.05, 4.69) is 9.55 Å². The fourth-order valence-corrected chi connectivity index (χ4v) is 3.44. The van der Waals surface area contributed by atoms with Crippen molar-refractivity contribution in [1.82, 2.24) is 9.55 Å². The smallest absolute Gasteiger partial charge is 0.151 e. The number of imidazole rings is 1. The van der Waals surface area contributed by atoms with Crippen LogP contribution in [-0.2, 0) is 0 Å². The SMILES string of the molecule is CC(Cl)c1nc2c(F)cccc2n1C1CCCCCC1. The standard InChI is InChI=1S/C16H20ClFN2/c1-11(17)16-19-15-13(18)9-6-10-14(15)20(16)12-7-4-2-3-5-8-12/h6,9-12H,2-5,7-8H2,1H3. The molecule has 1 saturated carbocycles. The number of aromatic nitrogens is 2. The van der Waals surface area contributed by atoms with Crippen molar-refractivity contribution in [1.29, 1.82) is 0 Å². The molecule has 0 spiro atoms. The van der Waals surface area contributed by atoms with Crippen molar-refractivity contribution >= 4 is 22.6 Å². The number of nitrogens with zero attached hydrogens (tertiary/aromatic N) is 2. The van der Waals surface area contributed by atoms with Crippen molar-refractivity contribution in [3.05, 3.63) is 29.8 Å². The molecule has 20 heavy (non-hydrogen) atoms. The van der Waals surface area contributed by atoms with E-state index in [4.69, 9.17) is 11.6 Å². The number of fused-ring (bicyclic) bond motifs is 1. The van der Waals surface area contributed by atoms with Gasteiger partial charge in [-0.05, 0) is 31.9 Å². The predicted octanol–water partition coefficient (Wildman–Crippen LogP) is 5.37. The summed E-state index contributed by atoms with van der Waals surface area (Å²) in [7, 11) is 0. The molecule has 1 fully saturated rings. The first-order valence-corrected chi connectivity index (χ1v) is 7.92. The number of alkyl halides is 1. The first-order valence-electron chi connectivity index (χ1n) is 7.49. The van der Waals surface area contributed by atoms with Gasteiger partial charge < -0.3 is 4.57 Å². The van der Waals surface area contributed by atoms with Crippen LogP contribution in [0.5, 0.6) is 0 Å². The Kier molecular flexibility index (Phi) is 3.97. The van der Waals surface area contributed by atoms with E-state index in [1.165, 1.54) is 31.7 Å². The Labute approximate surface area is 123 Å². The molecule has 2 nitrogen and oxygen atoms in total. The van der Waals surface area contributed by atoms with Gasteiger partial charge in [-0.15, -0.1) is 11.6 Å². The van der Waals surface area contributed by atoms with Gasteiger partial charge >= 0.3 is 0 Å². The molecule has 1 heterocycles. The normalized spacial score (nSPS) is 19.1. The van der Waals surface area contributed by atoms with Crippen molar-refractivity contribution in [2.24, 2.45) is 0 Å². The summed E-state index contributed by atoms with van der Waals surface area (Å²) >= 11 is 6.29. The van der Waals surface area contributed by atoms with Crippen LogP contribution in [0.15, 0.2) is 18.2 Å². The minimum atomic E-state index is -0.256. The molecule has 0 amide bonds. The van der Waals surface area contributed by atoms with Crippen molar-refractivity contribution in [3.8, 4) is 0 Å². The van der Waals surface area contributed by atoms with Gasteiger partial charge in [0.2, 0.25) is 0 Å². The van der Waals surface area contributed by atoms with Gasteiger partial charge in [0.15, 0.2) is 5.82 Å². The fourth-order valence-electron chi connectivity index (χ4n) is 3.28. The second kappa shape index (κ2) is 5.72. The number of rotatable bonds is 2. The number of para-hydroxylation sites is 1. The van der Waals surface area contributed by atoms with Gasteiger partial charge in [0.1, 0.15) is 11.3 Å². The molecular formula is C16H20ClFN2. The number of hydrogen-bond acceptors (Lipinski definition) is 1. The lowest BCUT2D eigenvalue weighted by Gasteiger charge is -2.21. The van der Waals surface area contributed by atoms with Crippen LogP contribution in [0.2, 0.25) is 0 Å². The Balaban J connectivity index is 2.15. The maximum absolute atomic E-state index is 14.0. The predicted molar refractivity (Wildman–Crippen MR) is 80.7 cm³/mol. The van der Waals surface area contributed by atoms with Crippen LogP contribution >= 0.6 is 11.6 Å². The Morgan fingerprint density at radius 2 is 1.95 bits per heavy atom. The molecule has 0 aliphatic heterocycles. The van der Waals surface area contributed by atoms with E-state index < -0.39 is 0 Å². The Hall–Kier alpha value is -1.09. The fraction of sp³-hybridized carbons (Fsp3) is 0.562. The van der Waals surface area contributed by atoms with Crippen molar-refractivity contribution < 1.29 is 4.39 Å². The van der Waals surface area contributed by atoms with Gasteiger partial charge in [-0.2, -0.15) is 0 Å². The van der Waals surface area contributed by atoms with Gasteiger partial charge in [0, 0.05) is 6.04 Å². The summed E-state index contributed by atoms with van der Waals surface area (Å²) in [6, 6.07) is 5.59. The highest BCUT2D eigenvalue weighted by molar-refractivity contribution is 6.20. The van der Waals surface area contributed by atoms with E-state index in [-0.39, 0.29) is 11.2 Å². The average Bonchev–Trinajstić information content (AvgIpc) is 2.63. The monoisotopic (exact) mass is 294 g/mol. The van der Waals surface area contributed by atoms with E-state index in [0.29, 0.717) is 11.6 Å². The lowest BCUT2D eigenvalue weighted by Crippen LogP contribution is -2.12. The molecule has 1 aliphatic rings. The molecule has 3 rings (SSSR count). The minimum Gasteiger partial charge on any atom is -0.324 e. The molecule has 1 atom stereocenters. The first kappa shape index (κ1) is 13.9. The quantitative estimate of drug-likeness (QED) is 0.538. The van der Waals surface area contributed by atoms with E-state index in [0.717, 1.165) is 24.2 Å². The third-order valence-electron chi connectivity index (χ3n) is 4.24. The van der Waals surface area contributed by atoms with Crippen LogP contribution in [0, 0.1) is 5.82 Å². The van der Waals surface area contributed by atoms with E-state index in [9.17, 15) is 4.39 Å². The molecule has 0 N–H and O–H groups in total. The zero-order valence-corrected chi connectivity index (χ0v) is 12.5. The van der Waals surface area contributed by atoms with Crippen LogP contribution in [0.4, 0.5) is 4.39 Å². The van der Waals surface area contributed by atoms with Crippen LogP contribution in [-0.4, -0.2) is 9.55 Å². The zero-order chi connectivity index (χ0) is 14.1. The maximum atomic E-state index is 14.0. The highest BCUT2D eigenvalue weighted by atomic mass is 35.5. The molecule has 108 valence electrons. The van der Waals surface area contributed by atoms with Crippen molar-refractivity contribution in [2.45, 2.75) is 56.9 Å². The molecule has 0 radical (unpaired) electrons. The van der Waals surface area contributed by atoms with Crippen LogP contribution in [0.3, 0.4) is 0 Å². The molecule has 1 aromatic heterocycles. The van der Waals surface area contributed by atoms with Crippen LogP contribution in [0.25, 0.3) is 11.0 Å². The molecule has 1 aromatic carbocycles. The highest BCUT2D eigenvalue weighted by Crippen LogP contribution is 2.35. The molecule has 4 heteroatoms.